The van der Waals surface area contributed by atoms with Gasteiger partial charge in [-0.2, -0.15) is 0 Å². The number of ether oxygens (including phenoxy) is 6. The van der Waals surface area contributed by atoms with Crippen LogP contribution in [0.5, 0.6) is 0 Å². The van der Waals surface area contributed by atoms with E-state index in [2.05, 4.69) is 12.2 Å². The fourth-order valence-corrected chi connectivity index (χ4v) is 3.37. The molecule has 1 saturated heterocycles. The average molecular weight is 490 g/mol. The number of carbonyl (C=O) groups is 5. The zero-order valence-corrected chi connectivity index (χ0v) is 20.3. The van der Waals surface area contributed by atoms with E-state index < -0.39 is 60.6 Å². The summed E-state index contributed by atoms with van der Waals surface area (Å²) in [5.74, 6) is -2.90. The highest BCUT2D eigenvalue weighted by molar-refractivity contribution is 5.70. The fourth-order valence-electron chi connectivity index (χ4n) is 3.37. The van der Waals surface area contributed by atoms with Gasteiger partial charge in [-0.1, -0.05) is 32.6 Å². The summed E-state index contributed by atoms with van der Waals surface area (Å²) in [5, 5.41) is 2.44. The largest absolute Gasteiger partial charge is 0.463 e. The first-order valence-electron chi connectivity index (χ1n) is 11.3. The highest BCUT2D eigenvalue weighted by atomic mass is 16.7. The molecule has 1 fully saturated rings. The summed E-state index contributed by atoms with van der Waals surface area (Å²) in [6, 6.07) is 0. The van der Waals surface area contributed by atoms with Crippen molar-refractivity contribution in [3.63, 3.8) is 0 Å². The molecule has 1 heterocycles. The molecule has 12 nitrogen and oxygen atoms in total. The van der Waals surface area contributed by atoms with Crippen LogP contribution in [0.3, 0.4) is 0 Å². The predicted molar refractivity (Wildman–Crippen MR) is 115 cm³/mol. The molecule has 194 valence electrons. The van der Waals surface area contributed by atoms with E-state index in [0.717, 1.165) is 46.5 Å². The zero-order valence-electron chi connectivity index (χ0n) is 20.3. The third-order valence-electron chi connectivity index (χ3n) is 4.73. The van der Waals surface area contributed by atoms with Crippen molar-refractivity contribution >= 4 is 30.0 Å². The van der Waals surface area contributed by atoms with Crippen molar-refractivity contribution in [1.29, 1.82) is 0 Å². The monoisotopic (exact) mass is 489 g/mol. The van der Waals surface area contributed by atoms with Gasteiger partial charge < -0.3 is 28.4 Å². The van der Waals surface area contributed by atoms with E-state index >= 15 is 0 Å². The first kappa shape index (κ1) is 29.1. The van der Waals surface area contributed by atoms with Crippen LogP contribution in [0.2, 0.25) is 0 Å². The van der Waals surface area contributed by atoms with Crippen molar-refractivity contribution in [2.45, 2.75) is 97.4 Å². The van der Waals surface area contributed by atoms with Crippen LogP contribution < -0.4 is 5.32 Å². The second kappa shape index (κ2) is 15.1. The van der Waals surface area contributed by atoms with Gasteiger partial charge in [0, 0.05) is 27.7 Å². The number of alkyl carbamates (subject to hydrolysis) is 1. The molecule has 0 spiro atoms. The Bertz CT molecular complexity index is 711. The van der Waals surface area contributed by atoms with E-state index in [-0.39, 0.29) is 13.2 Å². The van der Waals surface area contributed by atoms with Gasteiger partial charge in [0.05, 0.1) is 6.61 Å². The van der Waals surface area contributed by atoms with E-state index in [0.29, 0.717) is 6.42 Å². The Labute approximate surface area is 198 Å². The molecule has 0 aromatic rings. The summed E-state index contributed by atoms with van der Waals surface area (Å²) < 4.78 is 31.7. The SMILES string of the molecule is CCCCCCCOC(=O)N[C@H]1O[C@H](COC(C)=O)[C@@H](OC(C)=O)[C@H](OC(C)=O)[C@@H]1OC(C)=O. The number of rotatable bonds is 12. The lowest BCUT2D eigenvalue weighted by molar-refractivity contribution is -0.256. The van der Waals surface area contributed by atoms with Gasteiger partial charge in [-0.3, -0.25) is 24.5 Å². The standard InChI is InChI=1S/C22H35NO11/c1-6-7-8-9-10-11-29-22(28)23-21-20(33-16(5)27)19(32-15(4)26)18(31-14(3)25)17(34-21)12-30-13(2)24/h17-21H,6-12H2,1-5H3,(H,23,28)/t17-,18-,19+,20+,21+/m1/s1. The predicted octanol–water partition coefficient (Wildman–Crippen LogP) is 1.77. The lowest BCUT2D eigenvalue weighted by atomic mass is 9.97. The Morgan fingerprint density at radius 1 is 0.706 bits per heavy atom. The summed E-state index contributed by atoms with van der Waals surface area (Å²) in [6.07, 6.45) is -2.60. The maximum absolute atomic E-state index is 12.4. The lowest BCUT2D eigenvalue weighted by Gasteiger charge is -2.44. The Balaban J connectivity index is 3.06. The van der Waals surface area contributed by atoms with Gasteiger partial charge in [-0.05, 0) is 6.42 Å². The second-order valence-corrected chi connectivity index (χ2v) is 7.81. The Kier molecular flexibility index (Phi) is 12.9. The highest BCUT2D eigenvalue weighted by Crippen LogP contribution is 2.28. The van der Waals surface area contributed by atoms with Crippen molar-refractivity contribution in [1.82, 2.24) is 5.32 Å². The molecule has 0 aromatic heterocycles. The molecule has 1 aliphatic heterocycles. The van der Waals surface area contributed by atoms with E-state index in [1.807, 2.05) is 0 Å². The van der Waals surface area contributed by atoms with Crippen LogP contribution in [0.25, 0.3) is 0 Å². The zero-order chi connectivity index (χ0) is 25.7. The molecule has 1 rings (SSSR count). The van der Waals surface area contributed by atoms with Gasteiger partial charge >= 0.3 is 30.0 Å². The minimum atomic E-state index is -1.38. The van der Waals surface area contributed by atoms with Crippen LogP contribution in [-0.4, -0.2) is 73.8 Å². The van der Waals surface area contributed by atoms with E-state index in [1.165, 1.54) is 6.92 Å². The van der Waals surface area contributed by atoms with Gasteiger partial charge in [-0.25, -0.2) is 4.79 Å². The minimum Gasteiger partial charge on any atom is -0.463 e. The highest BCUT2D eigenvalue weighted by Gasteiger charge is 2.52. The second-order valence-electron chi connectivity index (χ2n) is 7.81. The molecule has 0 bridgehead atoms. The van der Waals surface area contributed by atoms with Crippen molar-refractivity contribution in [2.75, 3.05) is 13.2 Å². The summed E-state index contributed by atoms with van der Waals surface area (Å²) in [4.78, 5) is 58.9. The van der Waals surface area contributed by atoms with Crippen LogP contribution in [0.1, 0.15) is 66.7 Å². The van der Waals surface area contributed by atoms with Crippen LogP contribution in [0, 0.1) is 0 Å². The quantitative estimate of drug-likeness (QED) is 0.242. The minimum absolute atomic E-state index is 0.167. The topological polar surface area (TPSA) is 153 Å². The molecule has 1 aliphatic rings. The number of hydrogen-bond donors (Lipinski definition) is 1. The Hall–Kier alpha value is -2.89. The van der Waals surface area contributed by atoms with Crippen LogP contribution >= 0.6 is 0 Å². The molecule has 34 heavy (non-hydrogen) atoms. The molecule has 1 N–H and O–H groups in total. The number of unbranched alkanes of at least 4 members (excludes halogenated alkanes) is 4. The molecular formula is C22H35NO11. The molecule has 5 atom stereocenters. The number of amides is 1. The summed E-state index contributed by atoms with van der Waals surface area (Å²) >= 11 is 0. The van der Waals surface area contributed by atoms with Gasteiger partial charge in [0.25, 0.3) is 0 Å². The maximum atomic E-state index is 12.4. The summed E-state index contributed by atoms with van der Waals surface area (Å²) in [6.45, 7) is 6.39. The lowest BCUT2D eigenvalue weighted by Crippen LogP contribution is -2.66. The average Bonchev–Trinajstić information content (AvgIpc) is 2.72. The van der Waals surface area contributed by atoms with E-state index in [4.69, 9.17) is 28.4 Å². The molecular weight excluding hydrogens is 454 g/mol. The van der Waals surface area contributed by atoms with Gasteiger partial charge in [0.2, 0.25) is 0 Å². The Morgan fingerprint density at radius 3 is 1.82 bits per heavy atom. The van der Waals surface area contributed by atoms with Gasteiger partial charge in [-0.15, -0.1) is 0 Å². The van der Waals surface area contributed by atoms with Crippen molar-refractivity contribution < 1.29 is 52.4 Å². The molecule has 12 heteroatoms. The molecule has 0 aromatic carbocycles. The van der Waals surface area contributed by atoms with Gasteiger partial charge in [0.1, 0.15) is 12.7 Å². The van der Waals surface area contributed by atoms with Crippen LogP contribution in [-0.2, 0) is 47.6 Å². The number of hydrogen-bond acceptors (Lipinski definition) is 11. The molecule has 1 amide bonds. The summed E-state index contributed by atoms with van der Waals surface area (Å²) in [7, 11) is 0. The van der Waals surface area contributed by atoms with E-state index in [9.17, 15) is 24.0 Å². The number of esters is 4. The van der Waals surface area contributed by atoms with Crippen molar-refractivity contribution in [2.24, 2.45) is 0 Å². The Morgan fingerprint density at radius 2 is 1.26 bits per heavy atom. The third-order valence-corrected chi connectivity index (χ3v) is 4.73. The molecule has 0 saturated carbocycles. The first-order chi connectivity index (χ1) is 16.0. The maximum Gasteiger partial charge on any atom is 0.409 e. The van der Waals surface area contributed by atoms with E-state index in [1.54, 1.807) is 0 Å². The molecule has 0 radical (unpaired) electrons. The van der Waals surface area contributed by atoms with Crippen LogP contribution in [0.15, 0.2) is 0 Å². The first-order valence-corrected chi connectivity index (χ1v) is 11.3. The fraction of sp³-hybridized carbons (Fsp3) is 0.773. The number of nitrogens with one attached hydrogen (secondary N) is 1. The molecule has 0 aliphatic carbocycles. The normalized spacial score (nSPS) is 23.9. The van der Waals surface area contributed by atoms with Gasteiger partial charge in [0.15, 0.2) is 24.5 Å². The molecule has 0 unspecified atom stereocenters. The smallest absolute Gasteiger partial charge is 0.409 e. The number of carbonyl (C=O) groups excluding carboxylic acids is 5. The summed E-state index contributed by atoms with van der Waals surface area (Å²) in [5.41, 5.74) is 0. The van der Waals surface area contributed by atoms with Crippen molar-refractivity contribution in [3.8, 4) is 0 Å². The third kappa shape index (κ3) is 10.8. The van der Waals surface area contributed by atoms with Crippen molar-refractivity contribution in [3.05, 3.63) is 0 Å². The van der Waals surface area contributed by atoms with Crippen LogP contribution in [0.4, 0.5) is 4.79 Å².